The SMILES string of the molecule is Cc1ccnc2nc(-c3cncc(Br)c3)[nH]c12. The Kier molecular flexibility index (Phi) is 2.40. The van der Waals surface area contributed by atoms with Crippen LogP contribution in [0.25, 0.3) is 22.6 Å². The highest BCUT2D eigenvalue weighted by Crippen LogP contribution is 2.22. The molecule has 5 heteroatoms. The van der Waals surface area contributed by atoms with Crippen LogP contribution in [0, 0.1) is 6.92 Å². The van der Waals surface area contributed by atoms with Crippen molar-refractivity contribution < 1.29 is 0 Å². The van der Waals surface area contributed by atoms with Crippen LogP contribution in [0.4, 0.5) is 0 Å². The van der Waals surface area contributed by atoms with Crippen molar-refractivity contribution in [2.24, 2.45) is 0 Å². The molecule has 3 heterocycles. The summed E-state index contributed by atoms with van der Waals surface area (Å²) in [6.45, 7) is 2.03. The number of aromatic nitrogens is 4. The molecule has 0 saturated carbocycles. The van der Waals surface area contributed by atoms with Gasteiger partial charge in [0.2, 0.25) is 0 Å². The predicted molar refractivity (Wildman–Crippen MR) is 69.6 cm³/mol. The average Bonchev–Trinajstić information content (AvgIpc) is 2.74. The van der Waals surface area contributed by atoms with E-state index in [9.17, 15) is 0 Å². The van der Waals surface area contributed by atoms with E-state index in [1.165, 1.54) is 0 Å². The summed E-state index contributed by atoms with van der Waals surface area (Å²) in [7, 11) is 0. The number of aryl methyl sites for hydroxylation is 1. The lowest BCUT2D eigenvalue weighted by atomic mass is 10.3. The van der Waals surface area contributed by atoms with Gasteiger partial charge in [-0.15, -0.1) is 0 Å². The Hall–Kier alpha value is -1.75. The zero-order valence-corrected chi connectivity index (χ0v) is 10.7. The van der Waals surface area contributed by atoms with Crippen LogP contribution in [0.15, 0.2) is 35.2 Å². The number of imidazole rings is 1. The first-order valence-corrected chi connectivity index (χ1v) is 5.95. The molecule has 0 aliphatic rings. The Morgan fingerprint density at radius 3 is 2.94 bits per heavy atom. The normalized spacial score (nSPS) is 10.9. The second-order valence-corrected chi connectivity index (χ2v) is 4.72. The van der Waals surface area contributed by atoms with Crippen LogP contribution in [-0.4, -0.2) is 19.9 Å². The number of nitrogens with zero attached hydrogens (tertiary/aromatic N) is 3. The molecule has 0 atom stereocenters. The first kappa shape index (κ1) is 10.4. The van der Waals surface area contributed by atoms with Gasteiger partial charge in [-0.25, -0.2) is 9.97 Å². The number of fused-ring (bicyclic) bond motifs is 1. The van der Waals surface area contributed by atoms with Crippen LogP contribution in [0.5, 0.6) is 0 Å². The van der Waals surface area contributed by atoms with Gasteiger partial charge >= 0.3 is 0 Å². The van der Waals surface area contributed by atoms with Gasteiger partial charge in [-0.1, -0.05) is 0 Å². The van der Waals surface area contributed by atoms with E-state index in [1.807, 2.05) is 19.1 Å². The van der Waals surface area contributed by atoms with Gasteiger partial charge in [0.1, 0.15) is 5.82 Å². The molecular weight excluding hydrogens is 280 g/mol. The van der Waals surface area contributed by atoms with Gasteiger partial charge in [0.25, 0.3) is 0 Å². The third-order valence-electron chi connectivity index (χ3n) is 2.58. The number of halogens is 1. The molecule has 84 valence electrons. The van der Waals surface area contributed by atoms with Gasteiger partial charge in [-0.3, -0.25) is 4.98 Å². The highest BCUT2D eigenvalue weighted by atomic mass is 79.9. The van der Waals surface area contributed by atoms with E-state index in [1.54, 1.807) is 18.6 Å². The summed E-state index contributed by atoms with van der Waals surface area (Å²) in [6.07, 6.45) is 5.29. The molecule has 3 rings (SSSR count). The molecule has 0 spiro atoms. The highest BCUT2D eigenvalue weighted by molar-refractivity contribution is 9.10. The van der Waals surface area contributed by atoms with Gasteiger partial charge in [0, 0.05) is 28.6 Å². The maximum absolute atomic E-state index is 4.46. The number of aromatic amines is 1. The van der Waals surface area contributed by atoms with Crippen molar-refractivity contribution >= 4 is 27.1 Å². The van der Waals surface area contributed by atoms with Crippen LogP contribution < -0.4 is 0 Å². The number of H-pyrrole nitrogens is 1. The zero-order chi connectivity index (χ0) is 11.8. The van der Waals surface area contributed by atoms with Crippen molar-refractivity contribution in [3.05, 3.63) is 40.8 Å². The molecule has 0 aromatic carbocycles. The van der Waals surface area contributed by atoms with Crippen molar-refractivity contribution in [1.29, 1.82) is 0 Å². The molecule has 4 nitrogen and oxygen atoms in total. The molecule has 3 aromatic rings. The lowest BCUT2D eigenvalue weighted by molar-refractivity contribution is 1.25. The van der Waals surface area contributed by atoms with Crippen LogP contribution in [0.1, 0.15) is 5.56 Å². The molecule has 0 radical (unpaired) electrons. The lowest BCUT2D eigenvalue weighted by Crippen LogP contribution is -1.82. The smallest absolute Gasteiger partial charge is 0.178 e. The molecule has 0 unspecified atom stereocenters. The van der Waals surface area contributed by atoms with Crippen LogP contribution in [0.3, 0.4) is 0 Å². The third-order valence-corrected chi connectivity index (χ3v) is 3.01. The van der Waals surface area contributed by atoms with Crippen LogP contribution in [-0.2, 0) is 0 Å². The second kappa shape index (κ2) is 3.92. The molecule has 0 amide bonds. The van der Waals surface area contributed by atoms with E-state index in [-0.39, 0.29) is 0 Å². The fraction of sp³-hybridized carbons (Fsp3) is 0.0833. The van der Waals surface area contributed by atoms with E-state index < -0.39 is 0 Å². The van der Waals surface area contributed by atoms with Crippen molar-refractivity contribution in [2.75, 3.05) is 0 Å². The minimum Gasteiger partial charge on any atom is -0.336 e. The highest BCUT2D eigenvalue weighted by Gasteiger charge is 2.08. The summed E-state index contributed by atoms with van der Waals surface area (Å²) in [5, 5.41) is 0. The Morgan fingerprint density at radius 1 is 1.29 bits per heavy atom. The van der Waals surface area contributed by atoms with Gasteiger partial charge in [-0.05, 0) is 40.5 Å². The lowest BCUT2D eigenvalue weighted by Gasteiger charge is -1.95. The van der Waals surface area contributed by atoms with E-state index >= 15 is 0 Å². The fourth-order valence-electron chi connectivity index (χ4n) is 1.71. The van der Waals surface area contributed by atoms with Gasteiger partial charge in [-0.2, -0.15) is 0 Å². The first-order valence-electron chi connectivity index (χ1n) is 5.16. The topological polar surface area (TPSA) is 54.5 Å². The van der Waals surface area contributed by atoms with Gasteiger partial charge < -0.3 is 4.98 Å². The van der Waals surface area contributed by atoms with Crippen molar-refractivity contribution in [2.45, 2.75) is 6.92 Å². The molecule has 17 heavy (non-hydrogen) atoms. The predicted octanol–water partition coefficient (Wildman–Crippen LogP) is 3.09. The number of rotatable bonds is 1. The largest absolute Gasteiger partial charge is 0.336 e. The number of hydrogen-bond acceptors (Lipinski definition) is 3. The molecule has 0 bridgehead atoms. The average molecular weight is 289 g/mol. The zero-order valence-electron chi connectivity index (χ0n) is 9.11. The Balaban J connectivity index is 2.22. The molecule has 0 aliphatic carbocycles. The molecule has 0 fully saturated rings. The van der Waals surface area contributed by atoms with Crippen molar-refractivity contribution in [3.63, 3.8) is 0 Å². The second-order valence-electron chi connectivity index (χ2n) is 3.80. The standard InChI is InChI=1S/C12H9BrN4/c1-7-2-3-15-12-10(7)16-11(17-12)8-4-9(13)6-14-5-8/h2-6H,1H3,(H,15,16,17). The monoisotopic (exact) mass is 288 g/mol. The van der Waals surface area contributed by atoms with E-state index in [0.29, 0.717) is 0 Å². The minimum atomic E-state index is 0.736. The molecule has 0 saturated heterocycles. The Bertz CT molecular complexity index is 690. The summed E-state index contributed by atoms with van der Waals surface area (Å²) >= 11 is 3.40. The summed E-state index contributed by atoms with van der Waals surface area (Å²) in [6, 6.07) is 3.93. The molecular formula is C12H9BrN4. The quantitative estimate of drug-likeness (QED) is 0.749. The number of nitrogens with one attached hydrogen (secondary N) is 1. The van der Waals surface area contributed by atoms with Crippen molar-refractivity contribution in [1.82, 2.24) is 19.9 Å². The van der Waals surface area contributed by atoms with E-state index in [4.69, 9.17) is 0 Å². The van der Waals surface area contributed by atoms with E-state index in [2.05, 4.69) is 35.9 Å². The van der Waals surface area contributed by atoms with Crippen LogP contribution in [0.2, 0.25) is 0 Å². The number of pyridine rings is 2. The third kappa shape index (κ3) is 1.82. The Morgan fingerprint density at radius 2 is 2.18 bits per heavy atom. The van der Waals surface area contributed by atoms with E-state index in [0.717, 1.165) is 32.6 Å². The first-order chi connectivity index (χ1) is 8.24. The minimum absolute atomic E-state index is 0.736. The Labute approximate surface area is 106 Å². The summed E-state index contributed by atoms with van der Waals surface area (Å²) in [5.41, 5.74) is 3.79. The van der Waals surface area contributed by atoms with Gasteiger partial charge in [0.15, 0.2) is 5.65 Å². The summed E-state index contributed by atoms with van der Waals surface area (Å²) in [4.78, 5) is 16.1. The molecule has 0 aliphatic heterocycles. The summed E-state index contributed by atoms with van der Waals surface area (Å²) in [5.74, 6) is 0.788. The summed E-state index contributed by atoms with van der Waals surface area (Å²) < 4.78 is 0.931. The fourth-order valence-corrected chi connectivity index (χ4v) is 2.08. The number of hydrogen-bond donors (Lipinski definition) is 1. The maximum atomic E-state index is 4.46. The maximum Gasteiger partial charge on any atom is 0.178 e. The molecule has 3 aromatic heterocycles. The van der Waals surface area contributed by atoms with Crippen molar-refractivity contribution in [3.8, 4) is 11.4 Å². The molecule has 1 N–H and O–H groups in total. The van der Waals surface area contributed by atoms with Gasteiger partial charge in [0.05, 0.1) is 5.52 Å². The van der Waals surface area contributed by atoms with Crippen LogP contribution >= 0.6 is 15.9 Å².